The van der Waals surface area contributed by atoms with Gasteiger partial charge in [-0.2, -0.15) is 4.98 Å². The Morgan fingerprint density at radius 1 is 1.28 bits per heavy atom. The molecule has 25 heavy (non-hydrogen) atoms. The fourth-order valence-corrected chi connectivity index (χ4v) is 3.69. The van der Waals surface area contributed by atoms with E-state index in [1.165, 1.54) is 11.1 Å². The minimum absolute atomic E-state index is 0.0504. The highest BCUT2D eigenvalue weighted by Gasteiger charge is 2.27. The average Bonchev–Trinajstić information content (AvgIpc) is 2.89. The molecule has 1 aliphatic heterocycles. The monoisotopic (exact) mass is 338 g/mol. The van der Waals surface area contributed by atoms with Gasteiger partial charge in [-0.05, 0) is 31.4 Å². The third kappa shape index (κ3) is 2.67. The summed E-state index contributed by atoms with van der Waals surface area (Å²) >= 11 is 0. The number of benzene rings is 1. The molecule has 1 atom stereocenters. The van der Waals surface area contributed by atoms with E-state index in [1.807, 2.05) is 26.0 Å². The van der Waals surface area contributed by atoms with E-state index in [9.17, 15) is 5.11 Å². The maximum Gasteiger partial charge on any atom is 0.231 e. The maximum absolute atomic E-state index is 9.93. The number of nitrogen functional groups attached to an aromatic ring is 1. The molecule has 0 amide bonds. The largest absolute Gasteiger partial charge is 0.443 e. The maximum atomic E-state index is 9.93. The van der Waals surface area contributed by atoms with Crippen LogP contribution in [-0.4, -0.2) is 33.1 Å². The average molecular weight is 338 g/mol. The molecule has 0 bridgehead atoms. The summed E-state index contributed by atoms with van der Waals surface area (Å²) in [6.07, 6.45) is 0.948. The lowest BCUT2D eigenvalue weighted by molar-refractivity contribution is 0.106. The van der Waals surface area contributed by atoms with Crippen LogP contribution in [-0.2, 0) is 13.0 Å². The van der Waals surface area contributed by atoms with E-state index in [0.29, 0.717) is 23.9 Å². The Bertz CT molecular complexity index is 935. The van der Waals surface area contributed by atoms with Gasteiger partial charge in [0, 0.05) is 12.1 Å². The number of hydrogen-bond acceptors (Lipinski definition) is 6. The van der Waals surface area contributed by atoms with E-state index in [1.54, 1.807) is 0 Å². The van der Waals surface area contributed by atoms with Crippen molar-refractivity contribution in [1.82, 2.24) is 14.9 Å². The summed E-state index contributed by atoms with van der Waals surface area (Å²) in [7, 11) is 0. The van der Waals surface area contributed by atoms with Crippen LogP contribution in [0.15, 0.2) is 28.7 Å². The van der Waals surface area contributed by atoms with Gasteiger partial charge >= 0.3 is 0 Å². The first-order valence-electron chi connectivity index (χ1n) is 8.53. The number of rotatable bonds is 3. The molecule has 6 nitrogen and oxygen atoms in total. The van der Waals surface area contributed by atoms with Crippen molar-refractivity contribution in [3.05, 3.63) is 52.5 Å². The second kappa shape index (κ2) is 6.13. The van der Waals surface area contributed by atoms with Crippen LogP contribution in [0.25, 0.3) is 11.1 Å². The van der Waals surface area contributed by atoms with Gasteiger partial charge in [0.2, 0.25) is 5.71 Å². The summed E-state index contributed by atoms with van der Waals surface area (Å²) in [5, 5.41) is 10.7. The number of nitrogens with zero attached hydrogens (tertiary/aromatic N) is 3. The van der Waals surface area contributed by atoms with Crippen molar-refractivity contribution in [2.45, 2.75) is 32.9 Å². The highest BCUT2D eigenvalue weighted by atomic mass is 16.3. The van der Waals surface area contributed by atoms with Crippen molar-refractivity contribution in [3.63, 3.8) is 0 Å². The van der Waals surface area contributed by atoms with Crippen LogP contribution in [0.2, 0.25) is 0 Å². The smallest absolute Gasteiger partial charge is 0.231 e. The second-order valence-corrected chi connectivity index (χ2v) is 6.61. The van der Waals surface area contributed by atoms with Gasteiger partial charge in [0.1, 0.15) is 17.4 Å². The lowest BCUT2D eigenvalue weighted by Gasteiger charge is -2.35. The molecule has 0 aliphatic carbocycles. The topological polar surface area (TPSA) is 88.4 Å². The van der Waals surface area contributed by atoms with Crippen molar-refractivity contribution in [2.75, 3.05) is 18.9 Å². The molecular formula is C19H22N4O2. The molecule has 0 radical (unpaired) electrons. The normalized spacial score (nSPS) is 17.8. The molecule has 4 rings (SSSR count). The first-order chi connectivity index (χ1) is 12.1. The Labute approximate surface area is 146 Å². The van der Waals surface area contributed by atoms with E-state index in [0.717, 1.165) is 29.7 Å². The van der Waals surface area contributed by atoms with Gasteiger partial charge in [0.05, 0.1) is 24.6 Å². The zero-order valence-electron chi connectivity index (χ0n) is 14.5. The Morgan fingerprint density at radius 3 is 2.88 bits per heavy atom. The molecule has 1 unspecified atom stereocenters. The molecule has 0 saturated carbocycles. The Balaban J connectivity index is 1.67. The fraction of sp³-hybridized carbons (Fsp3) is 0.368. The number of nitrogens with two attached hydrogens (primary N) is 1. The molecule has 0 saturated heterocycles. The molecule has 2 aromatic heterocycles. The molecule has 6 heteroatoms. The number of hydrogen-bond donors (Lipinski definition) is 2. The van der Waals surface area contributed by atoms with Gasteiger partial charge in [-0.25, -0.2) is 4.98 Å². The third-order valence-electron chi connectivity index (χ3n) is 5.14. The third-order valence-corrected chi connectivity index (χ3v) is 5.14. The fourth-order valence-electron chi connectivity index (χ4n) is 3.69. The SMILES string of the molecule is Cc1oc2nc(CN3CCc4ccccc4C3CO)nc(N)c2c1C. The molecule has 0 fully saturated rings. The number of aliphatic hydroxyl groups is 1. The van der Waals surface area contributed by atoms with Gasteiger partial charge in [0.25, 0.3) is 0 Å². The first kappa shape index (κ1) is 16.1. The van der Waals surface area contributed by atoms with Crippen LogP contribution in [0.5, 0.6) is 0 Å². The van der Waals surface area contributed by atoms with E-state index in [2.05, 4.69) is 27.0 Å². The molecule has 0 spiro atoms. The Kier molecular flexibility index (Phi) is 3.94. The Morgan fingerprint density at radius 2 is 2.08 bits per heavy atom. The molecule has 130 valence electrons. The minimum atomic E-state index is -0.0504. The van der Waals surface area contributed by atoms with Crippen LogP contribution in [0.4, 0.5) is 5.82 Å². The van der Waals surface area contributed by atoms with Crippen LogP contribution in [0, 0.1) is 13.8 Å². The van der Waals surface area contributed by atoms with Gasteiger partial charge in [-0.1, -0.05) is 24.3 Å². The molecular weight excluding hydrogens is 316 g/mol. The van der Waals surface area contributed by atoms with Crippen molar-refractivity contribution in [3.8, 4) is 0 Å². The molecule has 1 aliphatic rings. The van der Waals surface area contributed by atoms with Gasteiger partial charge in [-0.3, -0.25) is 4.90 Å². The van der Waals surface area contributed by atoms with Crippen LogP contribution in [0.3, 0.4) is 0 Å². The minimum Gasteiger partial charge on any atom is -0.443 e. The highest BCUT2D eigenvalue weighted by molar-refractivity contribution is 5.88. The number of aryl methyl sites for hydroxylation is 2. The van der Waals surface area contributed by atoms with Crippen LogP contribution in [0.1, 0.15) is 34.3 Å². The number of aliphatic hydroxyl groups excluding tert-OH is 1. The van der Waals surface area contributed by atoms with Crippen LogP contribution >= 0.6 is 0 Å². The molecule has 1 aromatic carbocycles. The summed E-state index contributed by atoms with van der Waals surface area (Å²) < 4.78 is 5.72. The van der Waals surface area contributed by atoms with E-state index < -0.39 is 0 Å². The van der Waals surface area contributed by atoms with Crippen molar-refractivity contribution < 1.29 is 9.52 Å². The number of furan rings is 1. The van der Waals surface area contributed by atoms with Gasteiger partial charge in [-0.15, -0.1) is 0 Å². The predicted octanol–water partition coefficient (Wildman–Crippen LogP) is 2.51. The van der Waals surface area contributed by atoms with Crippen LogP contribution < -0.4 is 5.73 Å². The number of anilines is 1. The summed E-state index contributed by atoms with van der Waals surface area (Å²) in [6, 6.07) is 8.22. The van der Waals surface area contributed by atoms with E-state index in [-0.39, 0.29) is 12.6 Å². The summed E-state index contributed by atoms with van der Waals surface area (Å²) in [5.74, 6) is 1.89. The van der Waals surface area contributed by atoms with E-state index in [4.69, 9.17) is 10.2 Å². The number of aromatic nitrogens is 2. The standard InChI is InChI=1S/C19H22N4O2/c1-11-12(2)25-19-17(11)18(20)21-16(22-19)9-23-8-7-13-5-3-4-6-14(13)15(23)10-24/h3-6,15,24H,7-10H2,1-2H3,(H2,20,21,22). The van der Waals surface area contributed by atoms with Crippen molar-refractivity contribution in [2.24, 2.45) is 0 Å². The summed E-state index contributed by atoms with van der Waals surface area (Å²) in [6.45, 7) is 5.30. The quantitative estimate of drug-likeness (QED) is 0.763. The lowest BCUT2D eigenvalue weighted by atomic mass is 9.93. The zero-order chi connectivity index (χ0) is 17.6. The Hall–Kier alpha value is -2.44. The van der Waals surface area contributed by atoms with E-state index >= 15 is 0 Å². The molecule has 3 heterocycles. The number of fused-ring (bicyclic) bond motifs is 2. The van der Waals surface area contributed by atoms with Crippen molar-refractivity contribution >= 4 is 16.9 Å². The van der Waals surface area contributed by atoms with Gasteiger partial charge < -0.3 is 15.3 Å². The molecule has 3 aromatic rings. The lowest BCUT2D eigenvalue weighted by Crippen LogP contribution is -2.37. The highest BCUT2D eigenvalue weighted by Crippen LogP contribution is 2.31. The first-order valence-corrected chi connectivity index (χ1v) is 8.53. The van der Waals surface area contributed by atoms with Crippen molar-refractivity contribution in [1.29, 1.82) is 0 Å². The second-order valence-electron chi connectivity index (χ2n) is 6.61. The van der Waals surface area contributed by atoms with Gasteiger partial charge in [0.15, 0.2) is 0 Å². The molecule has 3 N–H and O–H groups in total. The summed E-state index contributed by atoms with van der Waals surface area (Å²) in [5.41, 5.74) is 10.1. The summed E-state index contributed by atoms with van der Waals surface area (Å²) in [4.78, 5) is 11.2. The zero-order valence-corrected chi connectivity index (χ0v) is 14.5. The predicted molar refractivity (Wildman–Crippen MR) is 96.1 cm³/mol.